The standard InChI is InChI=1S/C16H21NO4/c1-4-5-10-21-16(19)9-7-13-6-8-14(20-3)11-15(13)17-12(2)18/h6-9,11H,4-5,10H2,1-3H3,(H,17,18). The Morgan fingerprint density at radius 3 is 2.71 bits per heavy atom. The first kappa shape index (κ1) is 16.8. The molecule has 1 amide bonds. The van der Waals surface area contributed by atoms with Crippen LogP contribution >= 0.6 is 0 Å². The Morgan fingerprint density at radius 1 is 1.33 bits per heavy atom. The average Bonchev–Trinajstić information content (AvgIpc) is 2.45. The topological polar surface area (TPSA) is 64.6 Å². The number of rotatable bonds is 7. The van der Waals surface area contributed by atoms with Crippen LogP contribution in [0.15, 0.2) is 24.3 Å². The summed E-state index contributed by atoms with van der Waals surface area (Å²) in [6.07, 6.45) is 4.78. The van der Waals surface area contributed by atoms with Crippen LogP contribution in [0.4, 0.5) is 5.69 Å². The van der Waals surface area contributed by atoms with E-state index in [4.69, 9.17) is 9.47 Å². The quantitative estimate of drug-likeness (QED) is 0.476. The lowest BCUT2D eigenvalue weighted by Gasteiger charge is -2.09. The predicted molar refractivity (Wildman–Crippen MR) is 82.2 cm³/mol. The van der Waals surface area contributed by atoms with Crippen LogP contribution in [-0.4, -0.2) is 25.6 Å². The van der Waals surface area contributed by atoms with Crippen LogP contribution in [-0.2, 0) is 14.3 Å². The minimum absolute atomic E-state index is 0.191. The van der Waals surface area contributed by atoms with E-state index >= 15 is 0 Å². The molecule has 0 atom stereocenters. The summed E-state index contributed by atoms with van der Waals surface area (Å²) in [5, 5.41) is 2.70. The van der Waals surface area contributed by atoms with Crippen molar-refractivity contribution in [2.24, 2.45) is 0 Å². The van der Waals surface area contributed by atoms with Crippen molar-refractivity contribution in [2.75, 3.05) is 19.0 Å². The molecule has 1 aromatic carbocycles. The fourth-order valence-corrected chi connectivity index (χ4v) is 1.63. The third kappa shape index (κ3) is 6.12. The number of anilines is 1. The molecule has 1 rings (SSSR count). The fraction of sp³-hybridized carbons (Fsp3) is 0.375. The van der Waals surface area contributed by atoms with Gasteiger partial charge in [-0.2, -0.15) is 0 Å². The van der Waals surface area contributed by atoms with Crippen molar-refractivity contribution in [3.63, 3.8) is 0 Å². The van der Waals surface area contributed by atoms with Gasteiger partial charge in [-0.15, -0.1) is 0 Å². The molecule has 0 spiro atoms. The van der Waals surface area contributed by atoms with Gasteiger partial charge in [-0.3, -0.25) is 4.79 Å². The number of esters is 1. The first-order chi connectivity index (χ1) is 10.1. The lowest BCUT2D eigenvalue weighted by Crippen LogP contribution is -2.07. The normalized spacial score (nSPS) is 10.4. The minimum atomic E-state index is -0.395. The Kier molecular flexibility index (Phi) is 7.01. The van der Waals surface area contributed by atoms with E-state index in [2.05, 4.69) is 5.32 Å². The predicted octanol–water partition coefficient (Wildman–Crippen LogP) is 3.01. The molecule has 0 unspecified atom stereocenters. The Labute approximate surface area is 124 Å². The van der Waals surface area contributed by atoms with Gasteiger partial charge < -0.3 is 14.8 Å². The average molecular weight is 291 g/mol. The molecule has 5 heteroatoms. The molecule has 0 bridgehead atoms. The molecule has 1 aromatic rings. The highest BCUT2D eigenvalue weighted by atomic mass is 16.5. The third-order valence-electron chi connectivity index (χ3n) is 2.71. The Hall–Kier alpha value is -2.30. The van der Waals surface area contributed by atoms with E-state index in [1.54, 1.807) is 31.4 Å². The van der Waals surface area contributed by atoms with Gasteiger partial charge in [-0.25, -0.2) is 4.79 Å². The van der Waals surface area contributed by atoms with E-state index in [1.807, 2.05) is 6.92 Å². The van der Waals surface area contributed by atoms with Crippen LogP contribution in [0, 0.1) is 0 Å². The molecule has 0 fully saturated rings. The minimum Gasteiger partial charge on any atom is -0.497 e. The highest BCUT2D eigenvalue weighted by Gasteiger charge is 2.05. The van der Waals surface area contributed by atoms with Gasteiger partial charge in [0.2, 0.25) is 5.91 Å². The molecule has 21 heavy (non-hydrogen) atoms. The highest BCUT2D eigenvalue weighted by Crippen LogP contribution is 2.23. The smallest absolute Gasteiger partial charge is 0.330 e. The monoisotopic (exact) mass is 291 g/mol. The lowest BCUT2D eigenvalue weighted by atomic mass is 10.1. The molecule has 0 aliphatic carbocycles. The maximum atomic E-state index is 11.5. The van der Waals surface area contributed by atoms with E-state index in [0.717, 1.165) is 12.8 Å². The number of unbranched alkanes of at least 4 members (excludes halogenated alkanes) is 1. The van der Waals surface area contributed by atoms with Crippen LogP contribution in [0.1, 0.15) is 32.3 Å². The summed E-state index contributed by atoms with van der Waals surface area (Å²) < 4.78 is 10.1. The summed E-state index contributed by atoms with van der Waals surface area (Å²) in [6.45, 7) is 3.87. The lowest BCUT2D eigenvalue weighted by molar-refractivity contribution is -0.137. The summed E-state index contributed by atoms with van der Waals surface area (Å²) in [5.41, 5.74) is 1.29. The number of carbonyl (C=O) groups is 2. The Balaban J connectivity index is 2.81. The van der Waals surface area contributed by atoms with Crippen LogP contribution in [0.5, 0.6) is 5.75 Å². The molecule has 0 aliphatic rings. The van der Waals surface area contributed by atoms with Gasteiger partial charge >= 0.3 is 5.97 Å². The van der Waals surface area contributed by atoms with Gasteiger partial charge in [0.25, 0.3) is 0 Å². The van der Waals surface area contributed by atoms with Crippen molar-refractivity contribution in [3.8, 4) is 5.75 Å². The second-order valence-corrected chi connectivity index (χ2v) is 4.49. The number of ether oxygens (including phenoxy) is 2. The largest absolute Gasteiger partial charge is 0.497 e. The van der Waals surface area contributed by atoms with Crippen molar-refractivity contribution in [1.29, 1.82) is 0 Å². The molecule has 0 saturated heterocycles. The van der Waals surface area contributed by atoms with E-state index in [9.17, 15) is 9.59 Å². The third-order valence-corrected chi connectivity index (χ3v) is 2.71. The zero-order chi connectivity index (χ0) is 15.7. The molecule has 0 aliphatic heterocycles. The molecule has 0 heterocycles. The number of amides is 1. The number of nitrogens with one attached hydrogen (secondary N) is 1. The number of benzene rings is 1. The van der Waals surface area contributed by atoms with E-state index < -0.39 is 5.97 Å². The van der Waals surface area contributed by atoms with Gasteiger partial charge in [-0.05, 0) is 30.2 Å². The molecular weight excluding hydrogens is 270 g/mol. The number of hydrogen-bond donors (Lipinski definition) is 1. The SMILES string of the molecule is CCCCOC(=O)C=Cc1ccc(OC)cc1NC(C)=O. The van der Waals surface area contributed by atoms with Crippen LogP contribution < -0.4 is 10.1 Å². The van der Waals surface area contributed by atoms with Gasteiger partial charge in [0, 0.05) is 19.1 Å². The fourth-order valence-electron chi connectivity index (χ4n) is 1.63. The summed E-state index contributed by atoms with van der Waals surface area (Å²) in [5.74, 6) is 0.0397. The summed E-state index contributed by atoms with van der Waals surface area (Å²) >= 11 is 0. The van der Waals surface area contributed by atoms with Crippen LogP contribution in [0.2, 0.25) is 0 Å². The van der Waals surface area contributed by atoms with E-state index in [1.165, 1.54) is 13.0 Å². The van der Waals surface area contributed by atoms with Gasteiger partial charge in [0.1, 0.15) is 5.75 Å². The van der Waals surface area contributed by atoms with Crippen molar-refractivity contribution in [1.82, 2.24) is 0 Å². The first-order valence-corrected chi connectivity index (χ1v) is 6.87. The Morgan fingerprint density at radius 2 is 2.10 bits per heavy atom. The van der Waals surface area contributed by atoms with Gasteiger partial charge in [0.15, 0.2) is 0 Å². The summed E-state index contributed by atoms with van der Waals surface area (Å²) in [7, 11) is 1.55. The van der Waals surface area contributed by atoms with Crippen molar-refractivity contribution < 1.29 is 19.1 Å². The zero-order valence-corrected chi connectivity index (χ0v) is 12.6. The first-order valence-electron chi connectivity index (χ1n) is 6.87. The second kappa shape index (κ2) is 8.79. The highest BCUT2D eigenvalue weighted by molar-refractivity contribution is 5.93. The Bertz CT molecular complexity index is 523. The molecule has 0 saturated carbocycles. The number of hydrogen-bond acceptors (Lipinski definition) is 4. The van der Waals surface area contributed by atoms with Crippen LogP contribution in [0.25, 0.3) is 6.08 Å². The van der Waals surface area contributed by atoms with Crippen LogP contribution in [0.3, 0.4) is 0 Å². The van der Waals surface area contributed by atoms with Crippen molar-refractivity contribution >= 4 is 23.6 Å². The molecule has 0 aromatic heterocycles. The van der Waals surface area contributed by atoms with Gasteiger partial charge in [-0.1, -0.05) is 13.3 Å². The molecular formula is C16H21NO4. The van der Waals surface area contributed by atoms with E-state index in [-0.39, 0.29) is 5.91 Å². The van der Waals surface area contributed by atoms with Crippen molar-refractivity contribution in [2.45, 2.75) is 26.7 Å². The summed E-state index contributed by atoms with van der Waals surface area (Å²) in [4.78, 5) is 22.7. The summed E-state index contributed by atoms with van der Waals surface area (Å²) in [6, 6.07) is 5.22. The van der Waals surface area contributed by atoms with E-state index in [0.29, 0.717) is 23.6 Å². The zero-order valence-electron chi connectivity index (χ0n) is 12.6. The molecule has 1 N–H and O–H groups in total. The molecule has 0 radical (unpaired) electrons. The maximum Gasteiger partial charge on any atom is 0.330 e. The van der Waals surface area contributed by atoms with Crippen molar-refractivity contribution in [3.05, 3.63) is 29.8 Å². The molecule has 5 nitrogen and oxygen atoms in total. The number of carbonyl (C=O) groups excluding carboxylic acids is 2. The second-order valence-electron chi connectivity index (χ2n) is 4.49. The number of methoxy groups -OCH3 is 1. The molecule has 114 valence electrons. The van der Waals surface area contributed by atoms with Gasteiger partial charge in [0.05, 0.1) is 19.4 Å². The maximum absolute atomic E-state index is 11.5.